The van der Waals surface area contributed by atoms with Crippen molar-refractivity contribution in [3.05, 3.63) is 18.0 Å². The predicted molar refractivity (Wildman–Crippen MR) is 93.1 cm³/mol. The van der Waals surface area contributed by atoms with Crippen molar-refractivity contribution >= 4 is 5.96 Å². The highest BCUT2D eigenvalue weighted by molar-refractivity contribution is 5.79. The minimum Gasteiger partial charge on any atom is -0.356 e. The van der Waals surface area contributed by atoms with Crippen LogP contribution in [0.4, 0.5) is 0 Å². The maximum absolute atomic E-state index is 4.29. The minimum atomic E-state index is 0.267. The molecule has 0 bridgehead atoms. The fourth-order valence-electron chi connectivity index (χ4n) is 2.34. The van der Waals surface area contributed by atoms with Gasteiger partial charge >= 0.3 is 0 Å². The molecule has 6 heteroatoms. The zero-order valence-corrected chi connectivity index (χ0v) is 14.9. The Kier molecular flexibility index (Phi) is 7.95. The Morgan fingerprint density at radius 3 is 2.59 bits per heavy atom. The van der Waals surface area contributed by atoms with Crippen molar-refractivity contribution in [3.63, 3.8) is 0 Å². The van der Waals surface area contributed by atoms with E-state index in [1.807, 2.05) is 25.0 Å². The summed E-state index contributed by atoms with van der Waals surface area (Å²) in [6.07, 6.45) is 6.38. The summed E-state index contributed by atoms with van der Waals surface area (Å²) < 4.78 is 1.84. The summed E-state index contributed by atoms with van der Waals surface area (Å²) in [7, 11) is 7.92. The molecule has 0 spiro atoms. The van der Waals surface area contributed by atoms with E-state index in [2.05, 4.69) is 59.8 Å². The lowest BCUT2D eigenvalue weighted by molar-refractivity contribution is 0.298. The molecule has 1 unspecified atom stereocenters. The van der Waals surface area contributed by atoms with Crippen LogP contribution in [0.15, 0.2) is 17.4 Å². The van der Waals surface area contributed by atoms with Crippen LogP contribution >= 0.6 is 0 Å². The lowest BCUT2D eigenvalue weighted by Gasteiger charge is -2.24. The first kappa shape index (κ1) is 18.5. The van der Waals surface area contributed by atoms with Crippen molar-refractivity contribution in [1.82, 2.24) is 25.3 Å². The molecular weight excluding hydrogens is 276 g/mol. The SMILES string of the molecule is CN=C(NCCCC(C)C)NCC(c1cnn(C)c1)N(C)C. The monoisotopic (exact) mass is 308 g/mol. The van der Waals surface area contributed by atoms with Gasteiger partial charge in [0, 0.05) is 38.9 Å². The largest absolute Gasteiger partial charge is 0.356 e. The summed E-state index contributed by atoms with van der Waals surface area (Å²) in [5, 5.41) is 11.0. The molecule has 1 aromatic rings. The minimum absolute atomic E-state index is 0.267. The van der Waals surface area contributed by atoms with Crippen LogP contribution in [0.25, 0.3) is 0 Å². The first-order chi connectivity index (χ1) is 10.4. The summed E-state index contributed by atoms with van der Waals surface area (Å²) >= 11 is 0. The third-order valence-electron chi connectivity index (χ3n) is 3.67. The van der Waals surface area contributed by atoms with E-state index in [0.29, 0.717) is 0 Å². The van der Waals surface area contributed by atoms with Gasteiger partial charge in [-0.15, -0.1) is 0 Å². The average molecular weight is 308 g/mol. The normalized spacial score (nSPS) is 13.7. The maximum Gasteiger partial charge on any atom is 0.191 e. The Balaban J connectivity index is 2.45. The molecule has 0 aliphatic heterocycles. The number of aliphatic imine (C=N–C) groups is 1. The smallest absolute Gasteiger partial charge is 0.191 e. The number of nitrogens with one attached hydrogen (secondary N) is 2. The molecule has 0 radical (unpaired) electrons. The maximum atomic E-state index is 4.29. The molecular formula is C16H32N6. The molecule has 22 heavy (non-hydrogen) atoms. The topological polar surface area (TPSA) is 57.5 Å². The zero-order chi connectivity index (χ0) is 16.5. The van der Waals surface area contributed by atoms with Crippen molar-refractivity contribution in [2.45, 2.75) is 32.7 Å². The van der Waals surface area contributed by atoms with Gasteiger partial charge in [-0.05, 0) is 32.9 Å². The van der Waals surface area contributed by atoms with Gasteiger partial charge in [0.2, 0.25) is 0 Å². The number of hydrogen-bond acceptors (Lipinski definition) is 3. The van der Waals surface area contributed by atoms with Crippen LogP contribution in [0.2, 0.25) is 0 Å². The van der Waals surface area contributed by atoms with Crippen LogP contribution in [-0.4, -0.2) is 54.9 Å². The number of rotatable bonds is 8. The third kappa shape index (κ3) is 6.47. The van der Waals surface area contributed by atoms with E-state index in [1.165, 1.54) is 12.0 Å². The van der Waals surface area contributed by atoms with Crippen LogP contribution in [0.3, 0.4) is 0 Å². The average Bonchev–Trinajstić information content (AvgIpc) is 2.87. The molecule has 0 saturated carbocycles. The molecule has 126 valence electrons. The molecule has 0 aromatic carbocycles. The van der Waals surface area contributed by atoms with Gasteiger partial charge in [-0.2, -0.15) is 5.10 Å². The Labute approximate surface area is 135 Å². The molecule has 0 aliphatic carbocycles. The van der Waals surface area contributed by atoms with Gasteiger partial charge in [0.15, 0.2) is 5.96 Å². The molecule has 1 rings (SSSR count). The van der Waals surface area contributed by atoms with Gasteiger partial charge in [-0.3, -0.25) is 9.67 Å². The predicted octanol–water partition coefficient (Wildman–Crippen LogP) is 1.62. The van der Waals surface area contributed by atoms with Gasteiger partial charge in [0.1, 0.15) is 0 Å². The molecule has 0 saturated heterocycles. The van der Waals surface area contributed by atoms with Crippen LogP contribution < -0.4 is 10.6 Å². The summed E-state index contributed by atoms with van der Waals surface area (Å²) in [6, 6.07) is 0.267. The molecule has 0 aliphatic rings. The molecule has 0 fully saturated rings. The third-order valence-corrected chi connectivity index (χ3v) is 3.67. The van der Waals surface area contributed by atoms with Gasteiger partial charge in [-0.25, -0.2) is 0 Å². The Morgan fingerprint density at radius 1 is 1.36 bits per heavy atom. The number of guanidine groups is 1. The first-order valence-electron chi connectivity index (χ1n) is 8.03. The highest BCUT2D eigenvalue weighted by Gasteiger charge is 2.16. The first-order valence-corrected chi connectivity index (χ1v) is 8.03. The second-order valence-corrected chi connectivity index (χ2v) is 6.34. The highest BCUT2D eigenvalue weighted by Crippen LogP contribution is 2.15. The lowest BCUT2D eigenvalue weighted by Crippen LogP contribution is -2.42. The van der Waals surface area contributed by atoms with Crippen molar-refractivity contribution in [2.24, 2.45) is 18.0 Å². The molecule has 1 atom stereocenters. The highest BCUT2D eigenvalue weighted by atomic mass is 15.3. The van der Waals surface area contributed by atoms with E-state index in [1.54, 1.807) is 0 Å². The Bertz CT molecular complexity index is 449. The molecule has 1 heterocycles. The van der Waals surface area contributed by atoms with Crippen LogP contribution in [0, 0.1) is 5.92 Å². The summed E-state index contributed by atoms with van der Waals surface area (Å²) in [5.41, 5.74) is 1.20. The Morgan fingerprint density at radius 2 is 2.09 bits per heavy atom. The van der Waals surface area contributed by atoms with E-state index in [-0.39, 0.29) is 6.04 Å². The van der Waals surface area contributed by atoms with Crippen LogP contribution in [0.1, 0.15) is 38.3 Å². The molecule has 2 N–H and O–H groups in total. The molecule has 1 aromatic heterocycles. The molecule has 6 nitrogen and oxygen atoms in total. The zero-order valence-electron chi connectivity index (χ0n) is 14.9. The second-order valence-electron chi connectivity index (χ2n) is 6.34. The fraction of sp³-hybridized carbons (Fsp3) is 0.750. The number of aromatic nitrogens is 2. The van der Waals surface area contributed by atoms with Crippen molar-refractivity contribution < 1.29 is 0 Å². The van der Waals surface area contributed by atoms with E-state index < -0.39 is 0 Å². The van der Waals surface area contributed by atoms with Gasteiger partial charge in [0.25, 0.3) is 0 Å². The quantitative estimate of drug-likeness (QED) is 0.435. The van der Waals surface area contributed by atoms with Crippen molar-refractivity contribution in [3.8, 4) is 0 Å². The fourth-order valence-corrected chi connectivity index (χ4v) is 2.34. The number of aryl methyl sites for hydroxylation is 1. The number of nitrogens with zero attached hydrogens (tertiary/aromatic N) is 4. The Hall–Kier alpha value is -1.56. The number of hydrogen-bond donors (Lipinski definition) is 2. The van der Waals surface area contributed by atoms with Gasteiger partial charge in [-0.1, -0.05) is 13.8 Å². The summed E-state index contributed by atoms with van der Waals surface area (Å²) in [6.45, 7) is 6.26. The van der Waals surface area contributed by atoms with E-state index >= 15 is 0 Å². The van der Waals surface area contributed by atoms with Crippen molar-refractivity contribution in [2.75, 3.05) is 34.2 Å². The van der Waals surface area contributed by atoms with Gasteiger partial charge < -0.3 is 15.5 Å². The second kappa shape index (κ2) is 9.46. The van der Waals surface area contributed by atoms with E-state index in [9.17, 15) is 0 Å². The van der Waals surface area contributed by atoms with Gasteiger partial charge in [0.05, 0.1) is 12.2 Å². The van der Waals surface area contributed by atoms with Crippen LogP contribution in [0.5, 0.6) is 0 Å². The summed E-state index contributed by atoms with van der Waals surface area (Å²) in [4.78, 5) is 6.48. The standard InChI is InChI=1S/C16H32N6/c1-13(2)8-7-9-18-16(17-3)19-11-15(21(4)5)14-10-20-22(6)12-14/h10,12-13,15H,7-9,11H2,1-6H3,(H2,17,18,19). The van der Waals surface area contributed by atoms with E-state index in [4.69, 9.17) is 0 Å². The lowest BCUT2D eigenvalue weighted by atomic mass is 10.1. The molecule has 0 amide bonds. The number of likely N-dealkylation sites (N-methyl/N-ethyl adjacent to an activating group) is 1. The van der Waals surface area contributed by atoms with Crippen molar-refractivity contribution in [1.29, 1.82) is 0 Å². The van der Waals surface area contributed by atoms with E-state index in [0.717, 1.165) is 31.4 Å². The summed E-state index contributed by atoms with van der Waals surface area (Å²) in [5.74, 6) is 1.61. The van der Waals surface area contributed by atoms with Crippen LogP contribution in [-0.2, 0) is 7.05 Å².